The quantitative estimate of drug-likeness (QED) is 0.830. The predicted molar refractivity (Wildman–Crippen MR) is 101 cm³/mol. The average Bonchev–Trinajstić information content (AvgIpc) is 3.13. The van der Waals surface area contributed by atoms with E-state index in [0.29, 0.717) is 24.4 Å². The van der Waals surface area contributed by atoms with E-state index < -0.39 is 0 Å². The zero-order valence-corrected chi connectivity index (χ0v) is 15.5. The SMILES string of the molecule is COc1ccc(F)c(CN2CCCC3(CCN(c4ccccn4)C3)C2=O)c1. The highest BCUT2D eigenvalue weighted by molar-refractivity contribution is 5.85. The van der Waals surface area contributed by atoms with Crippen LogP contribution in [0.15, 0.2) is 42.6 Å². The number of ether oxygens (including phenoxy) is 1. The molecule has 1 unspecified atom stereocenters. The summed E-state index contributed by atoms with van der Waals surface area (Å²) in [5.41, 5.74) is 0.116. The van der Waals surface area contributed by atoms with Crippen molar-refractivity contribution in [3.8, 4) is 5.75 Å². The summed E-state index contributed by atoms with van der Waals surface area (Å²) >= 11 is 0. The summed E-state index contributed by atoms with van der Waals surface area (Å²) in [7, 11) is 1.56. The Kier molecular flexibility index (Phi) is 4.72. The molecule has 2 saturated heterocycles. The molecule has 0 aliphatic carbocycles. The monoisotopic (exact) mass is 369 g/mol. The largest absolute Gasteiger partial charge is 0.497 e. The number of pyridine rings is 1. The summed E-state index contributed by atoms with van der Waals surface area (Å²) in [6.07, 6.45) is 4.42. The molecule has 142 valence electrons. The first-order valence-electron chi connectivity index (χ1n) is 9.39. The fourth-order valence-electron chi connectivity index (χ4n) is 4.30. The number of anilines is 1. The number of hydrogen-bond acceptors (Lipinski definition) is 4. The van der Waals surface area contributed by atoms with Crippen molar-refractivity contribution >= 4 is 11.7 Å². The second-order valence-corrected chi connectivity index (χ2v) is 7.43. The van der Waals surface area contributed by atoms with Crippen molar-refractivity contribution in [1.29, 1.82) is 0 Å². The Labute approximate surface area is 158 Å². The maximum absolute atomic E-state index is 14.2. The maximum Gasteiger partial charge on any atom is 0.230 e. The normalized spacial score (nSPS) is 22.5. The lowest BCUT2D eigenvalue weighted by molar-refractivity contribution is -0.145. The third-order valence-corrected chi connectivity index (χ3v) is 5.77. The van der Waals surface area contributed by atoms with Crippen molar-refractivity contribution in [3.63, 3.8) is 0 Å². The highest BCUT2D eigenvalue weighted by atomic mass is 19.1. The third kappa shape index (κ3) is 3.36. The number of carbonyl (C=O) groups is 1. The lowest BCUT2D eigenvalue weighted by Crippen LogP contribution is -2.49. The van der Waals surface area contributed by atoms with Crippen molar-refractivity contribution in [2.75, 3.05) is 31.6 Å². The number of carbonyl (C=O) groups excluding carboxylic acids is 1. The number of halogens is 1. The number of piperidine rings is 1. The average molecular weight is 369 g/mol. The highest BCUT2D eigenvalue weighted by Crippen LogP contribution is 2.41. The molecule has 1 spiro atoms. The van der Waals surface area contributed by atoms with Crippen LogP contribution < -0.4 is 9.64 Å². The number of methoxy groups -OCH3 is 1. The molecule has 1 amide bonds. The molecule has 27 heavy (non-hydrogen) atoms. The molecular formula is C21H24FN3O2. The minimum Gasteiger partial charge on any atom is -0.497 e. The first kappa shape index (κ1) is 17.8. The summed E-state index contributed by atoms with van der Waals surface area (Å²) < 4.78 is 19.4. The highest BCUT2D eigenvalue weighted by Gasteiger charge is 2.48. The third-order valence-electron chi connectivity index (χ3n) is 5.77. The summed E-state index contributed by atoms with van der Waals surface area (Å²) in [6.45, 7) is 2.46. The van der Waals surface area contributed by atoms with Gasteiger partial charge in [0.1, 0.15) is 17.4 Å². The number of nitrogens with zero attached hydrogens (tertiary/aromatic N) is 3. The summed E-state index contributed by atoms with van der Waals surface area (Å²) in [5.74, 6) is 1.35. The van der Waals surface area contributed by atoms with Gasteiger partial charge in [0.2, 0.25) is 5.91 Å². The maximum atomic E-state index is 14.2. The molecule has 5 nitrogen and oxygen atoms in total. The zero-order valence-electron chi connectivity index (χ0n) is 15.5. The fourth-order valence-corrected chi connectivity index (χ4v) is 4.30. The minimum atomic E-state index is -0.384. The molecular weight excluding hydrogens is 345 g/mol. The van der Waals surface area contributed by atoms with Gasteiger partial charge in [-0.15, -0.1) is 0 Å². The van der Waals surface area contributed by atoms with E-state index in [1.807, 2.05) is 23.1 Å². The number of rotatable bonds is 4. The zero-order chi connectivity index (χ0) is 18.9. The second-order valence-electron chi connectivity index (χ2n) is 7.43. The number of likely N-dealkylation sites (tertiary alicyclic amines) is 1. The van der Waals surface area contributed by atoms with Crippen molar-refractivity contribution in [2.24, 2.45) is 5.41 Å². The summed E-state index contributed by atoms with van der Waals surface area (Å²) in [4.78, 5) is 21.7. The molecule has 0 N–H and O–H groups in total. The van der Waals surface area contributed by atoms with Crippen LogP contribution in [0.25, 0.3) is 0 Å². The predicted octanol–water partition coefficient (Wildman–Crippen LogP) is 3.25. The van der Waals surface area contributed by atoms with Gasteiger partial charge in [-0.2, -0.15) is 0 Å². The van der Waals surface area contributed by atoms with Crippen molar-refractivity contribution in [1.82, 2.24) is 9.88 Å². The Bertz CT molecular complexity index is 829. The van der Waals surface area contributed by atoms with E-state index in [1.54, 1.807) is 25.4 Å². The van der Waals surface area contributed by atoms with Gasteiger partial charge >= 0.3 is 0 Å². The van der Waals surface area contributed by atoms with E-state index >= 15 is 0 Å². The van der Waals surface area contributed by atoms with Crippen LogP contribution >= 0.6 is 0 Å². The van der Waals surface area contributed by atoms with Gasteiger partial charge < -0.3 is 14.5 Å². The number of aromatic nitrogens is 1. The van der Waals surface area contributed by atoms with Gasteiger partial charge in [0.25, 0.3) is 0 Å². The fraction of sp³-hybridized carbons (Fsp3) is 0.429. The van der Waals surface area contributed by atoms with Gasteiger partial charge in [0.15, 0.2) is 0 Å². The molecule has 0 bridgehead atoms. The smallest absolute Gasteiger partial charge is 0.230 e. The van der Waals surface area contributed by atoms with Crippen LogP contribution in [0.3, 0.4) is 0 Å². The molecule has 0 radical (unpaired) electrons. The topological polar surface area (TPSA) is 45.7 Å². The van der Waals surface area contributed by atoms with Gasteiger partial charge in [-0.25, -0.2) is 9.37 Å². The van der Waals surface area contributed by atoms with Gasteiger partial charge in [-0.1, -0.05) is 6.07 Å². The van der Waals surface area contributed by atoms with Gasteiger partial charge in [-0.05, 0) is 49.6 Å². The van der Waals surface area contributed by atoms with Crippen molar-refractivity contribution in [2.45, 2.75) is 25.8 Å². The van der Waals surface area contributed by atoms with Crippen molar-refractivity contribution < 1.29 is 13.9 Å². The Morgan fingerprint density at radius 2 is 2.11 bits per heavy atom. The molecule has 1 aromatic heterocycles. The van der Waals surface area contributed by atoms with Gasteiger partial charge in [-0.3, -0.25) is 4.79 Å². The lowest BCUT2D eigenvalue weighted by atomic mass is 9.78. The van der Waals surface area contributed by atoms with Crippen LogP contribution in [0.5, 0.6) is 5.75 Å². The molecule has 2 aliphatic heterocycles. The first-order valence-corrected chi connectivity index (χ1v) is 9.39. The molecule has 4 rings (SSSR count). The Hall–Kier alpha value is -2.63. The molecule has 2 fully saturated rings. The van der Waals surface area contributed by atoms with Crippen molar-refractivity contribution in [3.05, 3.63) is 54.0 Å². The second kappa shape index (κ2) is 7.18. The Balaban J connectivity index is 1.52. The molecule has 0 saturated carbocycles. The molecule has 1 atom stereocenters. The van der Waals surface area contributed by atoms with Crippen LogP contribution in [0.2, 0.25) is 0 Å². The minimum absolute atomic E-state index is 0.134. The van der Waals surface area contributed by atoms with Crippen LogP contribution in [0.4, 0.5) is 10.2 Å². The van der Waals surface area contributed by atoms with E-state index in [2.05, 4.69) is 9.88 Å². The molecule has 6 heteroatoms. The first-order chi connectivity index (χ1) is 13.1. The Morgan fingerprint density at radius 3 is 2.89 bits per heavy atom. The Morgan fingerprint density at radius 1 is 1.22 bits per heavy atom. The van der Waals surface area contributed by atoms with E-state index in [4.69, 9.17) is 4.74 Å². The van der Waals surface area contributed by atoms with E-state index in [-0.39, 0.29) is 23.7 Å². The van der Waals surface area contributed by atoms with Crippen LogP contribution in [0.1, 0.15) is 24.8 Å². The molecule has 2 aliphatic rings. The number of hydrogen-bond donors (Lipinski definition) is 0. The molecule has 2 aromatic rings. The van der Waals surface area contributed by atoms with Crippen LogP contribution in [-0.2, 0) is 11.3 Å². The number of amides is 1. The lowest BCUT2D eigenvalue weighted by Gasteiger charge is -2.39. The number of benzene rings is 1. The van der Waals surface area contributed by atoms with Crippen LogP contribution in [-0.4, -0.2) is 42.5 Å². The summed E-state index contributed by atoms with van der Waals surface area (Å²) in [6, 6.07) is 10.5. The summed E-state index contributed by atoms with van der Waals surface area (Å²) in [5, 5.41) is 0. The van der Waals surface area contributed by atoms with Crippen LogP contribution in [0, 0.1) is 11.2 Å². The van der Waals surface area contributed by atoms with E-state index in [1.165, 1.54) is 6.07 Å². The standard InChI is InChI=1S/C21H24FN3O2/c1-27-17-6-7-18(22)16(13-17)14-24-11-4-8-21(20(24)26)9-12-25(15-21)19-5-2-3-10-23-19/h2-3,5-7,10,13H,4,8-9,11-12,14-15H2,1H3. The van der Waals surface area contributed by atoms with E-state index in [0.717, 1.165) is 31.6 Å². The van der Waals surface area contributed by atoms with Gasteiger partial charge in [0, 0.05) is 37.9 Å². The van der Waals surface area contributed by atoms with E-state index in [9.17, 15) is 9.18 Å². The molecule has 3 heterocycles. The molecule has 1 aromatic carbocycles. The van der Waals surface area contributed by atoms with Gasteiger partial charge in [0.05, 0.1) is 12.5 Å².